The van der Waals surface area contributed by atoms with Gasteiger partial charge in [-0.15, -0.1) is 0 Å². The Labute approximate surface area is 193 Å². The van der Waals surface area contributed by atoms with E-state index in [1.54, 1.807) is 6.07 Å². The van der Waals surface area contributed by atoms with Gasteiger partial charge in [0.1, 0.15) is 12.6 Å². The van der Waals surface area contributed by atoms with Crippen LogP contribution in [0.5, 0.6) is 0 Å². The molecule has 0 aliphatic carbocycles. The van der Waals surface area contributed by atoms with Crippen LogP contribution in [0.2, 0.25) is 0 Å². The molecule has 0 unspecified atom stereocenters. The highest BCUT2D eigenvalue weighted by Crippen LogP contribution is 2.51. The summed E-state index contributed by atoms with van der Waals surface area (Å²) in [6, 6.07) is 14.7. The van der Waals surface area contributed by atoms with Gasteiger partial charge in [0.2, 0.25) is 0 Å². The number of benzene rings is 2. The maximum absolute atomic E-state index is 13.1. The minimum absolute atomic E-state index is 0.0134. The molecule has 0 spiro atoms. The monoisotopic (exact) mass is 450 g/mol. The Kier molecular flexibility index (Phi) is 5.29. The molecule has 0 aromatic heterocycles. The summed E-state index contributed by atoms with van der Waals surface area (Å²) in [5.74, 6) is -0.323. The molecular formula is C25H30N4O4. The van der Waals surface area contributed by atoms with Crippen LogP contribution in [0, 0.1) is 0 Å². The van der Waals surface area contributed by atoms with Gasteiger partial charge in [0.15, 0.2) is 0 Å². The Bertz CT molecular complexity index is 1080. The van der Waals surface area contributed by atoms with Crippen LogP contribution in [0.25, 0.3) is 0 Å². The zero-order valence-corrected chi connectivity index (χ0v) is 19.3. The summed E-state index contributed by atoms with van der Waals surface area (Å²) in [5, 5.41) is 11.4. The van der Waals surface area contributed by atoms with Crippen LogP contribution in [0.3, 0.4) is 0 Å². The molecule has 2 aromatic carbocycles. The van der Waals surface area contributed by atoms with E-state index in [1.165, 1.54) is 9.96 Å². The topological polar surface area (TPSA) is 76.6 Å². The van der Waals surface area contributed by atoms with Crippen LogP contribution in [-0.4, -0.2) is 73.1 Å². The lowest BCUT2D eigenvalue weighted by Gasteiger charge is -2.32. The maximum atomic E-state index is 13.1. The van der Waals surface area contributed by atoms with Crippen LogP contribution < -0.4 is 9.80 Å². The number of carbonyl (C=O) groups excluding carboxylic acids is 1. The summed E-state index contributed by atoms with van der Waals surface area (Å²) in [5.41, 5.74) is 3.77. The molecule has 3 atom stereocenters. The Hall–Kier alpha value is -3.10. The SMILES string of the molecule is CN1CC[C@@]2(C)c3cc(N(C(=O)O)[C@H]4CON(CCc5ccccc5)C4=O)ccc3N(C)[C@@H]12. The smallest absolute Gasteiger partial charge is 0.412 e. The van der Waals surface area contributed by atoms with E-state index in [9.17, 15) is 14.7 Å². The van der Waals surface area contributed by atoms with E-state index in [2.05, 4.69) is 30.8 Å². The van der Waals surface area contributed by atoms with Gasteiger partial charge >= 0.3 is 6.09 Å². The number of likely N-dealkylation sites (tertiary alicyclic amines) is 1. The second-order valence-corrected chi connectivity index (χ2v) is 9.47. The number of likely N-dealkylation sites (N-methyl/N-ethyl adjacent to an activating group) is 2. The number of carboxylic acid groups (broad SMARTS) is 1. The number of hydroxylamine groups is 2. The van der Waals surface area contributed by atoms with Crippen molar-refractivity contribution in [3.8, 4) is 0 Å². The third-order valence-corrected chi connectivity index (χ3v) is 7.47. The van der Waals surface area contributed by atoms with Gasteiger partial charge in [0.05, 0.1) is 12.7 Å². The van der Waals surface area contributed by atoms with Crippen LogP contribution in [0.4, 0.5) is 16.2 Å². The third-order valence-electron chi connectivity index (χ3n) is 7.47. The molecule has 8 heteroatoms. The van der Waals surface area contributed by atoms with Gasteiger partial charge in [-0.05, 0) is 49.2 Å². The molecule has 174 valence electrons. The molecular weight excluding hydrogens is 420 g/mol. The first-order valence-corrected chi connectivity index (χ1v) is 11.4. The number of nitrogens with zero attached hydrogens (tertiary/aromatic N) is 4. The first-order valence-electron chi connectivity index (χ1n) is 11.4. The van der Waals surface area contributed by atoms with Gasteiger partial charge in [-0.2, -0.15) is 0 Å². The van der Waals surface area contributed by atoms with Crippen molar-refractivity contribution in [2.75, 3.05) is 43.6 Å². The number of hydrogen-bond donors (Lipinski definition) is 1. The van der Waals surface area contributed by atoms with Gasteiger partial charge < -0.3 is 10.0 Å². The van der Waals surface area contributed by atoms with E-state index in [0.717, 1.165) is 29.8 Å². The fourth-order valence-electron chi connectivity index (χ4n) is 5.83. The normalized spacial score (nSPS) is 26.6. The van der Waals surface area contributed by atoms with E-state index in [0.29, 0.717) is 18.7 Å². The second kappa shape index (κ2) is 8.04. The van der Waals surface area contributed by atoms with Gasteiger partial charge in [0, 0.05) is 30.4 Å². The van der Waals surface area contributed by atoms with E-state index in [1.807, 2.05) is 42.5 Å². The van der Waals surface area contributed by atoms with Crippen LogP contribution >= 0.6 is 0 Å². The lowest BCUT2D eigenvalue weighted by molar-refractivity contribution is -0.161. The molecule has 2 aromatic rings. The molecule has 2 saturated heterocycles. The predicted molar refractivity (Wildman–Crippen MR) is 125 cm³/mol. The van der Waals surface area contributed by atoms with E-state index < -0.39 is 12.1 Å². The summed E-state index contributed by atoms with van der Waals surface area (Å²) in [6.07, 6.45) is 0.732. The number of carbonyl (C=O) groups is 2. The quantitative estimate of drug-likeness (QED) is 0.755. The highest BCUT2D eigenvalue weighted by atomic mass is 16.7. The number of fused-ring (bicyclic) bond motifs is 3. The minimum Gasteiger partial charge on any atom is -0.465 e. The van der Waals surface area contributed by atoms with Crippen molar-refractivity contribution in [2.24, 2.45) is 0 Å². The molecule has 3 aliphatic rings. The third kappa shape index (κ3) is 3.45. The highest BCUT2D eigenvalue weighted by molar-refractivity contribution is 5.97. The van der Waals surface area contributed by atoms with Crippen molar-refractivity contribution < 1.29 is 19.5 Å². The van der Waals surface area contributed by atoms with Crippen molar-refractivity contribution in [3.05, 3.63) is 59.7 Å². The molecule has 1 N–H and O–H groups in total. The van der Waals surface area contributed by atoms with Crippen LogP contribution in [-0.2, 0) is 21.5 Å². The van der Waals surface area contributed by atoms with E-state index >= 15 is 0 Å². The number of hydrogen-bond acceptors (Lipinski definition) is 5. The molecule has 2 fully saturated rings. The standard InChI is InChI=1S/C25H30N4O4/c1-25-12-14-26(2)23(25)27(3)20-10-9-18(15-19(20)25)29(24(31)32)21-16-33-28(22(21)30)13-11-17-7-5-4-6-8-17/h4-10,15,21,23H,11-14,16H2,1-3H3,(H,31,32)/t21-,23+,25-/m0/s1. The number of anilines is 2. The number of rotatable bonds is 5. The Balaban J connectivity index is 1.39. The average Bonchev–Trinajstić information content (AvgIpc) is 3.39. The maximum Gasteiger partial charge on any atom is 0.412 e. The summed E-state index contributed by atoms with van der Waals surface area (Å²) in [7, 11) is 4.21. The fourth-order valence-corrected chi connectivity index (χ4v) is 5.83. The van der Waals surface area contributed by atoms with E-state index in [-0.39, 0.29) is 24.1 Å². The summed E-state index contributed by atoms with van der Waals surface area (Å²) >= 11 is 0. The molecule has 0 bridgehead atoms. The highest BCUT2D eigenvalue weighted by Gasteiger charge is 2.52. The van der Waals surface area contributed by atoms with E-state index in [4.69, 9.17) is 4.84 Å². The zero-order chi connectivity index (χ0) is 23.3. The average molecular weight is 451 g/mol. The largest absolute Gasteiger partial charge is 0.465 e. The van der Waals surface area contributed by atoms with Crippen molar-refractivity contribution in [1.29, 1.82) is 0 Å². The van der Waals surface area contributed by atoms with Crippen LogP contribution in [0.15, 0.2) is 48.5 Å². The molecule has 5 rings (SSSR count). The van der Waals surface area contributed by atoms with Gasteiger partial charge in [-0.1, -0.05) is 37.3 Å². The molecule has 3 heterocycles. The molecule has 2 amide bonds. The fraction of sp³-hybridized carbons (Fsp3) is 0.440. The van der Waals surface area contributed by atoms with Crippen LogP contribution in [0.1, 0.15) is 24.5 Å². The molecule has 0 radical (unpaired) electrons. The first kappa shape index (κ1) is 21.7. The van der Waals surface area contributed by atoms with Crippen molar-refractivity contribution in [3.63, 3.8) is 0 Å². The summed E-state index contributed by atoms with van der Waals surface area (Å²) in [6.45, 7) is 3.63. The zero-order valence-electron chi connectivity index (χ0n) is 19.3. The Morgan fingerprint density at radius 3 is 2.70 bits per heavy atom. The van der Waals surface area contributed by atoms with Gasteiger partial charge in [-0.25, -0.2) is 9.86 Å². The predicted octanol–water partition coefficient (Wildman–Crippen LogP) is 2.93. The first-order chi connectivity index (χ1) is 15.8. The Morgan fingerprint density at radius 2 is 1.97 bits per heavy atom. The van der Waals surface area contributed by atoms with Gasteiger partial charge in [-0.3, -0.25) is 19.4 Å². The molecule has 3 aliphatic heterocycles. The molecule has 0 saturated carbocycles. The van der Waals surface area contributed by atoms with Crippen molar-refractivity contribution in [2.45, 2.75) is 37.4 Å². The molecule has 33 heavy (non-hydrogen) atoms. The lowest BCUT2D eigenvalue weighted by atomic mass is 9.81. The van der Waals surface area contributed by atoms with Gasteiger partial charge in [0.25, 0.3) is 5.91 Å². The van der Waals surface area contributed by atoms with Crippen molar-refractivity contribution >= 4 is 23.4 Å². The lowest BCUT2D eigenvalue weighted by Crippen LogP contribution is -2.46. The van der Waals surface area contributed by atoms with Crippen molar-refractivity contribution in [1.82, 2.24) is 9.96 Å². The Morgan fingerprint density at radius 1 is 1.21 bits per heavy atom. The number of amides is 2. The minimum atomic E-state index is -1.15. The summed E-state index contributed by atoms with van der Waals surface area (Å²) in [4.78, 5) is 36.8. The molecule has 8 nitrogen and oxygen atoms in total. The summed E-state index contributed by atoms with van der Waals surface area (Å²) < 4.78 is 0. The second-order valence-electron chi connectivity index (χ2n) is 9.47.